The zero-order valence-electron chi connectivity index (χ0n) is 16.1. The Labute approximate surface area is 176 Å². The van der Waals surface area contributed by atoms with Crippen molar-refractivity contribution in [2.24, 2.45) is 5.73 Å². The molecule has 154 valence electrons. The number of amides is 3. The lowest BCUT2D eigenvalue weighted by Gasteiger charge is -2.09. The van der Waals surface area contributed by atoms with Gasteiger partial charge in [0.1, 0.15) is 5.69 Å². The summed E-state index contributed by atoms with van der Waals surface area (Å²) in [6.45, 7) is 0. The number of nitrogens with two attached hydrogens (primary N) is 1. The number of primary amides is 1. The minimum absolute atomic E-state index is 0.163. The molecule has 0 spiro atoms. The monoisotopic (exact) mass is 415 g/mol. The van der Waals surface area contributed by atoms with Crippen LogP contribution in [0.25, 0.3) is 5.69 Å². The lowest BCUT2D eigenvalue weighted by Crippen LogP contribution is -2.14. The minimum Gasteiger partial charge on any atom is -0.459 e. The van der Waals surface area contributed by atoms with Crippen molar-refractivity contribution in [1.82, 2.24) is 9.78 Å². The van der Waals surface area contributed by atoms with E-state index in [0.29, 0.717) is 22.6 Å². The molecule has 3 amide bonds. The number of nitrogens with one attached hydrogen (secondary N) is 2. The third-order valence-electron chi connectivity index (χ3n) is 4.36. The van der Waals surface area contributed by atoms with Crippen molar-refractivity contribution >= 4 is 29.1 Å². The number of hydrogen-bond acceptors (Lipinski definition) is 5. The van der Waals surface area contributed by atoms with E-state index in [1.54, 1.807) is 66.9 Å². The average molecular weight is 415 g/mol. The Kier molecular flexibility index (Phi) is 5.31. The van der Waals surface area contributed by atoms with Gasteiger partial charge in [-0.05, 0) is 60.7 Å². The molecule has 4 aromatic rings. The van der Waals surface area contributed by atoms with E-state index in [9.17, 15) is 14.4 Å². The minimum atomic E-state index is -0.606. The molecular formula is C22H17N5O4. The molecule has 9 nitrogen and oxygen atoms in total. The van der Waals surface area contributed by atoms with Gasteiger partial charge in [-0.3, -0.25) is 14.4 Å². The molecule has 2 aromatic heterocycles. The highest BCUT2D eigenvalue weighted by atomic mass is 16.3. The Balaban J connectivity index is 1.43. The first-order chi connectivity index (χ1) is 15.0. The van der Waals surface area contributed by atoms with Crippen LogP contribution in [0.4, 0.5) is 11.4 Å². The maximum Gasteiger partial charge on any atom is 0.291 e. The summed E-state index contributed by atoms with van der Waals surface area (Å²) in [5.74, 6) is -1.17. The molecular weight excluding hydrogens is 398 g/mol. The van der Waals surface area contributed by atoms with Crippen molar-refractivity contribution < 1.29 is 18.8 Å². The maximum absolute atomic E-state index is 12.6. The Hall–Kier alpha value is -4.66. The van der Waals surface area contributed by atoms with Crippen LogP contribution < -0.4 is 16.4 Å². The molecule has 0 fully saturated rings. The lowest BCUT2D eigenvalue weighted by atomic mass is 10.1. The smallest absolute Gasteiger partial charge is 0.291 e. The van der Waals surface area contributed by atoms with Crippen molar-refractivity contribution in [1.29, 1.82) is 0 Å². The molecule has 2 heterocycles. The fourth-order valence-corrected chi connectivity index (χ4v) is 2.84. The van der Waals surface area contributed by atoms with Crippen molar-refractivity contribution in [2.45, 2.75) is 0 Å². The highest BCUT2D eigenvalue weighted by Gasteiger charge is 2.12. The molecule has 2 aromatic carbocycles. The van der Waals surface area contributed by atoms with Crippen LogP contribution in [0.2, 0.25) is 0 Å². The summed E-state index contributed by atoms with van der Waals surface area (Å²) in [4.78, 5) is 35.9. The summed E-state index contributed by atoms with van der Waals surface area (Å²) >= 11 is 0. The molecule has 31 heavy (non-hydrogen) atoms. The van der Waals surface area contributed by atoms with Gasteiger partial charge in [0.15, 0.2) is 5.76 Å². The van der Waals surface area contributed by atoms with Crippen LogP contribution in [-0.4, -0.2) is 27.5 Å². The number of rotatable bonds is 6. The number of anilines is 2. The van der Waals surface area contributed by atoms with Crippen molar-refractivity contribution in [3.05, 3.63) is 96.2 Å². The molecule has 0 saturated carbocycles. The van der Waals surface area contributed by atoms with E-state index in [1.807, 2.05) is 0 Å². The van der Waals surface area contributed by atoms with Gasteiger partial charge >= 0.3 is 0 Å². The zero-order valence-corrected chi connectivity index (χ0v) is 16.1. The Bertz CT molecular complexity index is 1240. The zero-order chi connectivity index (χ0) is 21.8. The van der Waals surface area contributed by atoms with E-state index >= 15 is 0 Å². The quantitative estimate of drug-likeness (QED) is 0.445. The van der Waals surface area contributed by atoms with E-state index in [2.05, 4.69) is 15.7 Å². The molecule has 0 aliphatic rings. The highest BCUT2D eigenvalue weighted by Crippen LogP contribution is 2.17. The summed E-state index contributed by atoms with van der Waals surface area (Å²) in [5, 5.41) is 9.56. The first-order valence-electron chi connectivity index (χ1n) is 9.22. The van der Waals surface area contributed by atoms with Crippen LogP contribution in [0.1, 0.15) is 31.4 Å². The summed E-state index contributed by atoms with van der Waals surface area (Å²) in [5.41, 5.74) is 7.49. The normalized spacial score (nSPS) is 10.5. The predicted molar refractivity (Wildman–Crippen MR) is 113 cm³/mol. The summed E-state index contributed by atoms with van der Waals surface area (Å²) < 4.78 is 6.57. The Morgan fingerprint density at radius 3 is 2.32 bits per heavy atom. The second-order valence-corrected chi connectivity index (χ2v) is 6.52. The Morgan fingerprint density at radius 2 is 1.65 bits per heavy atom. The molecule has 0 unspecified atom stereocenters. The third-order valence-corrected chi connectivity index (χ3v) is 4.36. The predicted octanol–water partition coefficient (Wildman–Crippen LogP) is 3.07. The largest absolute Gasteiger partial charge is 0.459 e. The number of carbonyl (C=O) groups excluding carboxylic acids is 3. The van der Waals surface area contributed by atoms with Gasteiger partial charge in [0.05, 0.1) is 12.0 Å². The van der Waals surface area contributed by atoms with Crippen LogP contribution in [0, 0.1) is 0 Å². The lowest BCUT2D eigenvalue weighted by molar-refractivity contribution is 0.0988. The highest BCUT2D eigenvalue weighted by molar-refractivity contribution is 6.06. The molecule has 4 rings (SSSR count). The van der Waals surface area contributed by atoms with Gasteiger partial charge in [0, 0.05) is 23.1 Å². The summed E-state index contributed by atoms with van der Waals surface area (Å²) in [7, 11) is 0. The van der Waals surface area contributed by atoms with E-state index in [0.717, 1.165) is 0 Å². The van der Waals surface area contributed by atoms with Gasteiger partial charge in [-0.25, -0.2) is 4.68 Å². The fourth-order valence-electron chi connectivity index (χ4n) is 2.84. The molecule has 0 saturated heterocycles. The standard InChI is InChI=1S/C22H17N5O4/c23-20(28)18-10-11-27(26-18)17-8-6-15(7-9-17)24-21(29)14-3-1-4-16(13-14)25-22(30)19-5-2-12-31-19/h1-13H,(H2,23,28)(H,24,29)(H,25,30). The first-order valence-corrected chi connectivity index (χ1v) is 9.22. The third kappa shape index (κ3) is 4.51. The summed E-state index contributed by atoms with van der Waals surface area (Å²) in [6.07, 6.45) is 3.03. The second kappa shape index (κ2) is 8.37. The molecule has 9 heteroatoms. The maximum atomic E-state index is 12.6. The van der Waals surface area contributed by atoms with Gasteiger partial charge in [0.2, 0.25) is 0 Å². The number of carbonyl (C=O) groups is 3. The van der Waals surface area contributed by atoms with Crippen molar-refractivity contribution in [2.75, 3.05) is 10.6 Å². The number of nitrogens with zero attached hydrogens (tertiary/aromatic N) is 2. The van der Waals surface area contributed by atoms with Crippen molar-refractivity contribution in [3.63, 3.8) is 0 Å². The molecule has 4 N–H and O–H groups in total. The molecule has 0 aliphatic heterocycles. The number of furan rings is 1. The SMILES string of the molecule is NC(=O)c1ccn(-c2ccc(NC(=O)c3cccc(NC(=O)c4ccco4)c3)cc2)n1. The van der Waals surface area contributed by atoms with E-state index < -0.39 is 11.8 Å². The number of hydrogen-bond donors (Lipinski definition) is 3. The molecule has 0 radical (unpaired) electrons. The average Bonchev–Trinajstić information content (AvgIpc) is 3.47. The van der Waals surface area contributed by atoms with E-state index in [4.69, 9.17) is 10.2 Å². The molecule has 0 aliphatic carbocycles. The second-order valence-electron chi connectivity index (χ2n) is 6.52. The Morgan fingerprint density at radius 1 is 0.871 bits per heavy atom. The number of aromatic nitrogens is 2. The fraction of sp³-hybridized carbons (Fsp3) is 0. The topological polar surface area (TPSA) is 132 Å². The van der Waals surface area contributed by atoms with Gasteiger partial charge in [-0.1, -0.05) is 6.07 Å². The van der Waals surface area contributed by atoms with E-state index in [1.165, 1.54) is 17.0 Å². The van der Waals surface area contributed by atoms with E-state index in [-0.39, 0.29) is 17.4 Å². The first kappa shape index (κ1) is 19.6. The van der Waals surface area contributed by atoms with Crippen LogP contribution in [-0.2, 0) is 0 Å². The molecule has 0 bridgehead atoms. The van der Waals surface area contributed by atoms with Crippen molar-refractivity contribution in [3.8, 4) is 5.69 Å². The van der Waals surface area contributed by atoms with Gasteiger partial charge in [0.25, 0.3) is 17.7 Å². The van der Waals surface area contributed by atoms with Gasteiger partial charge < -0.3 is 20.8 Å². The van der Waals surface area contributed by atoms with Crippen LogP contribution >= 0.6 is 0 Å². The van der Waals surface area contributed by atoms with Gasteiger partial charge in [-0.15, -0.1) is 0 Å². The summed E-state index contributed by atoms with van der Waals surface area (Å²) in [6, 6.07) is 18.2. The van der Waals surface area contributed by atoms with Crippen LogP contribution in [0.3, 0.4) is 0 Å². The van der Waals surface area contributed by atoms with Crippen LogP contribution in [0.5, 0.6) is 0 Å². The van der Waals surface area contributed by atoms with Gasteiger partial charge in [-0.2, -0.15) is 5.10 Å². The molecule has 0 atom stereocenters. The number of benzene rings is 2. The van der Waals surface area contributed by atoms with Crippen LogP contribution in [0.15, 0.2) is 83.6 Å².